The van der Waals surface area contributed by atoms with E-state index in [1.807, 2.05) is 24.3 Å². The molecule has 1 nitrogen and oxygen atoms in total. The first-order valence-electron chi connectivity index (χ1n) is 4.39. The summed E-state index contributed by atoms with van der Waals surface area (Å²) in [5, 5.41) is 0.629. The van der Waals surface area contributed by atoms with Crippen LogP contribution in [0.15, 0.2) is 50.9 Å². The van der Waals surface area contributed by atoms with Crippen LogP contribution < -0.4 is 0 Å². The van der Waals surface area contributed by atoms with Crippen LogP contribution in [0.1, 0.15) is 0 Å². The topological polar surface area (TPSA) is 12.9 Å². The molecule has 0 unspecified atom stereocenters. The Morgan fingerprint density at radius 2 is 1.94 bits per heavy atom. The predicted molar refractivity (Wildman–Crippen MR) is 67.5 cm³/mol. The van der Waals surface area contributed by atoms with Crippen molar-refractivity contribution in [3.63, 3.8) is 0 Å². The molecule has 1 heterocycles. The second kappa shape index (κ2) is 5.17. The summed E-state index contributed by atoms with van der Waals surface area (Å²) >= 11 is 10.2. The largest absolute Gasteiger partial charge is 0.245 e. The first-order chi connectivity index (χ1) is 7.65. The van der Waals surface area contributed by atoms with Gasteiger partial charge in [0.25, 0.3) is 0 Å². The molecule has 0 atom stereocenters. The molecule has 1 aromatic carbocycles. The number of rotatable bonds is 2. The van der Waals surface area contributed by atoms with Crippen LogP contribution in [0.2, 0.25) is 5.02 Å². The number of hydrogen-bond acceptors (Lipinski definition) is 2. The van der Waals surface area contributed by atoms with Gasteiger partial charge in [-0.25, -0.2) is 9.37 Å². The zero-order valence-corrected chi connectivity index (χ0v) is 11.1. The minimum atomic E-state index is -0.402. The maximum atomic E-state index is 13.4. The summed E-state index contributed by atoms with van der Waals surface area (Å²) in [7, 11) is 0. The summed E-state index contributed by atoms with van der Waals surface area (Å²) < 4.78 is 14.4. The smallest absolute Gasteiger partial charge is 0.157 e. The van der Waals surface area contributed by atoms with Crippen molar-refractivity contribution < 1.29 is 4.39 Å². The van der Waals surface area contributed by atoms with Gasteiger partial charge in [-0.15, -0.1) is 0 Å². The molecule has 0 aliphatic heterocycles. The number of hydrogen-bond donors (Lipinski definition) is 0. The van der Waals surface area contributed by atoms with Gasteiger partial charge in [0.05, 0.1) is 5.02 Å². The van der Waals surface area contributed by atoms with Gasteiger partial charge in [0.2, 0.25) is 0 Å². The highest BCUT2D eigenvalue weighted by molar-refractivity contribution is 9.10. The molecular formula is C11H6BrClFNS. The van der Waals surface area contributed by atoms with Crippen molar-refractivity contribution in [1.82, 2.24) is 4.98 Å². The third-order valence-electron chi connectivity index (χ3n) is 1.80. The normalized spacial score (nSPS) is 10.4. The van der Waals surface area contributed by atoms with E-state index in [0.717, 1.165) is 9.37 Å². The molecule has 1 aromatic heterocycles. The molecule has 2 aromatic rings. The summed E-state index contributed by atoms with van der Waals surface area (Å²) in [4.78, 5) is 4.87. The Kier molecular flexibility index (Phi) is 3.84. The summed E-state index contributed by atoms with van der Waals surface area (Å²) in [5.74, 6) is -0.402. The summed E-state index contributed by atoms with van der Waals surface area (Å²) in [6, 6.07) is 8.84. The number of halogens is 3. The Bertz CT molecular complexity index is 504. The Hall–Kier alpha value is -0.580. The number of aromatic nitrogens is 1. The highest BCUT2D eigenvalue weighted by Crippen LogP contribution is 2.29. The van der Waals surface area contributed by atoms with E-state index in [1.54, 1.807) is 0 Å². The molecule has 5 heteroatoms. The van der Waals surface area contributed by atoms with Gasteiger partial charge >= 0.3 is 0 Å². The minimum absolute atomic E-state index is 0.303. The standard InChI is InChI=1S/C11H6BrClFNS/c12-7-1-3-9(4-2-7)16-11-10(14)5-8(13)6-15-11/h1-6H. The van der Waals surface area contributed by atoms with Crippen LogP contribution in [-0.2, 0) is 0 Å². The molecule has 0 bridgehead atoms. The van der Waals surface area contributed by atoms with Crippen LogP contribution in [-0.4, -0.2) is 4.98 Å². The second-order valence-corrected chi connectivity index (χ2v) is 5.41. The average molecular weight is 319 g/mol. The Labute approximate surface area is 110 Å². The predicted octanol–water partition coefficient (Wildman–Crippen LogP) is 4.79. The van der Waals surface area contributed by atoms with Crippen LogP contribution in [0.3, 0.4) is 0 Å². The van der Waals surface area contributed by atoms with E-state index in [2.05, 4.69) is 20.9 Å². The fraction of sp³-hybridized carbons (Fsp3) is 0. The van der Waals surface area contributed by atoms with Gasteiger partial charge in [-0.05, 0) is 30.3 Å². The van der Waals surface area contributed by atoms with Crippen LogP contribution >= 0.6 is 39.3 Å². The van der Waals surface area contributed by atoms with Crippen molar-refractivity contribution in [3.8, 4) is 0 Å². The van der Waals surface area contributed by atoms with Crippen LogP contribution in [0.25, 0.3) is 0 Å². The van der Waals surface area contributed by atoms with Gasteiger partial charge in [-0.1, -0.05) is 39.3 Å². The average Bonchev–Trinajstić information content (AvgIpc) is 2.25. The molecular weight excluding hydrogens is 313 g/mol. The maximum Gasteiger partial charge on any atom is 0.157 e. The van der Waals surface area contributed by atoms with E-state index in [9.17, 15) is 4.39 Å². The van der Waals surface area contributed by atoms with Crippen molar-refractivity contribution in [2.45, 2.75) is 9.92 Å². The molecule has 0 fully saturated rings. The highest BCUT2D eigenvalue weighted by Gasteiger charge is 2.06. The Balaban J connectivity index is 2.23. The van der Waals surface area contributed by atoms with E-state index in [0.29, 0.717) is 10.0 Å². The van der Waals surface area contributed by atoms with Gasteiger partial charge in [0.1, 0.15) is 5.03 Å². The van der Waals surface area contributed by atoms with Crippen molar-refractivity contribution >= 4 is 39.3 Å². The van der Waals surface area contributed by atoms with Crippen LogP contribution in [0.5, 0.6) is 0 Å². The third kappa shape index (κ3) is 2.97. The molecule has 16 heavy (non-hydrogen) atoms. The van der Waals surface area contributed by atoms with Gasteiger partial charge in [-0.3, -0.25) is 0 Å². The number of pyridine rings is 1. The van der Waals surface area contributed by atoms with Gasteiger partial charge < -0.3 is 0 Å². The SMILES string of the molecule is Fc1cc(Cl)cnc1Sc1ccc(Br)cc1. The zero-order chi connectivity index (χ0) is 11.5. The molecule has 0 N–H and O–H groups in total. The molecule has 82 valence electrons. The van der Waals surface area contributed by atoms with Crippen LogP contribution in [0, 0.1) is 5.82 Å². The lowest BCUT2D eigenvalue weighted by atomic mass is 10.4. The molecule has 0 aliphatic carbocycles. The fourth-order valence-corrected chi connectivity index (χ4v) is 2.26. The van der Waals surface area contributed by atoms with Crippen LogP contribution in [0.4, 0.5) is 4.39 Å². The van der Waals surface area contributed by atoms with E-state index >= 15 is 0 Å². The summed E-state index contributed by atoms with van der Waals surface area (Å²) in [6.45, 7) is 0. The van der Waals surface area contributed by atoms with E-state index in [1.165, 1.54) is 24.0 Å². The Morgan fingerprint density at radius 1 is 1.25 bits per heavy atom. The molecule has 0 saturated heterocycles. The molecule has 0 saturated carbocycles. The molecule has 0 amide bonds. The van der Waals surface area contributed by atoms with Crippen molar-refractivity contribution in [3.05, 3.63) is 51.8 Å². The van der Waals surface area contributed by atoms with Crippen molar-refractivity contribution in [2.75, 3.05) is 0 Å². The second-order valence-electron chi connectivity index (χ2n) is 3.00. The maximum absolute atomic E-state index is 13.4. The van der Waals surface area contributed by atoms with Crippen molar-refractivity contribution in [2.24, 2.45) is 0 Å². The first kappa shape index (κ1) is 11.9. The van der Waals surface area contributed by atoms with Gasteiger partial charge in [0.15, 0.2) is 5.82 Å². The van der Waals surface area contributed by atoms with E-state index < -0.39 is 5.82 Å². The lowest BCUT2D eigenvalue weighted by Gasteiger charge is -2.02. The first-order valence-corrected chi connectivity index (χ1v) is 6.38. The van der Waals surface area contributed by atoms with E-state index in [4.69, 9.17) is 11.6 Å². The monoisotopic (exact) mass is 317 g/mol. The Morgan fingerprint density at radius 3 is 2.56 bits per heavy atom. The lowest BCUT2D eigenvalue weighted by molar-refractivity contribution is 0.588. The summed E-state index contributed by atoms with van der Waals surface area (Å²) in [6.07, 6.45) is 1.44. The van der Waals surface area contributed by atoms with E-state index in [-0.39, 0.29) is 0 Å². The van der Waals surface area contributed by atoms with Crippen molar-refractivity contribution in [1.29, 1.82) is 0 Å². The van der Waals surface area contributed by atoms with Gasteiger partial charge in [0, 0.05) is 15.6 Å². The molecule has 0 aliphatic rings. The quantitative estimate of drug-likeness (QED) is 0.790. The lowest BCUT2D eigenvalue weighted by Crippen LogP contribution is -1.86. The molecule has 0 spiro atoms. The highest BCUT2D eigenvalue weighted by atomic mass is 79.9. The molecule has 2 rings (SSSR count). The minimum Gasteiger partial charge on any atom is -0.245 e. The molecule has 0 radical (unpaired) electrons. The third-order valence-corrected chi connectivity index (χ3v) is 3.54. The number of nitrogens with zero attached hydrogens (tertiary/aromatic N) is 1. The van der Waals surface area contributed by atoms with Gasteiger partial charge in [-0.2, -0.15) is 0 Å². The zero-order valence-electron chi connectivity index (χ0n) is 7.95. The summed E-state index contributed by atoms with van der Waals surface area (Å²) in [5.41, 5.74) is 0. The number of benzene rings is 1. The fourth-order valence-electron chi connectivity index (χ4n) is 1.09.